The second-order valence-electron chi connectivity index (χ2n) is 3.37. The second-order valence-corrected chi connectivity index (χ2v) is 4.69. The van der Waals surface area contributed by atoms with Gasteiger partial charge in [-0.05, 0) is 18.2 Å². The van der Waals surface area contributed by atoms with Crippen LogP contribution < -0.4 is 4.74 Å². The van der Waals surface area contributed by atoms with E-state index in [1.165, 1.54) is 19.5 Å². The van der Waals surface area contributed by atoms with Crippen LogP contribution in [0.25, 0.3) is 0 Å². The minimum Gasteiger partial charge on any atom is -0.479 e. The van der Waals surface area contributed by atoms with Gasteiger partial charge in [-0.2, -0.15) is 0 Å². The quantitative estimate of drug-likeness (QED) is 0.813. The summed E-state index contributed by atoms with van der Waals surface area (Å²) in [5.74, 6) is -0.140. The number of halogens is 2. The van der Waals surface area contributed by atoms with Crippen LogP contribution in [-0.2, 0) is 0 Å². The molecule has 0 radical (unpaired) electrons. The van der Waals surface area contributed by atoms with E-state index in [9.17, 15) is 4.79 Å². The van der Waals surface area contributed by atoms with Crippen LogP contribution in [0.5, 0.6) is 5.88 Å². The maximum atomic E-state index is 12.3. The Labute approximate surface area is 117 Å². The van der Waals surface area contributed by atoms with Crippen LogP contribution in [0.15, 0.2) is 35.1 Å². The number of carbonyl (C=O) groups is 1. The van der Waals surface area contributed by atoms with Crippen LogP contribution in [0.4, 0.5) is 0 Å². The molecule has 1 aromatic heterocycles. The third-order valence-corrected chi connectivity index (χ3v) is 3.05. The average molecular weight is 328 g/mol. The van der Waals surface area contributed by atoms with Gasteiger partial charge in [0.1, 0.15) is 0 Å². The van der Waals surface area contributed by atoms with Gasteiger partial charge in [-0.3, -0.25) is 4.79 Å². The van der Waals surface area contributed by atoms with E-state index in [-0.39, 0.29) is 17.4 Å². The summed E-state index contributed by atoms with van der Waals surface area (Å²) in [5, 5.41) is 0.349. The molecular formula is C12H8BrClN2O2. The molecule has 6 heteroatoms. The summed E-state index contributed by atoms with van der Waals surface area (Å²) < 4.78 is 5.81. The molecule has 1 aromatic carbocycles. The SMILES string of the molecule is COc1nccnc1C(=O)c1ccc(Br)cc1Cl. The highest BCUT2D eigenvalue weighted by molar-refractivity contribution is 9.10. The summed E-state index contributed by atoms with van der Waals surface area (Å²) in [6.07, 6.45) is 2.89. The molecule has 2 rings (SSSR count). The Kier molecular flexibility index (Phi) is 3.93. The largest absolute Gasteiger partial charge is 0.479 e. The number of nitrogens with zero attached hydrogens (tertiary/aromatic N) is 2. The Bertz CT molecular complexity index is 604. The molecule has 0 saturated heterocycles. The summed E-state index contributed by atoms with van der Waals surface area (Å²) in [6, 6.07) is 5.02. The standard InChI is InChI=1S/C12H8BrClN2O2/c1-18-12-10(15-4-5-16-12)11(17)8-3-2-7(13)6-9(8)14/h2-6H,1H3. The van der Waals surface area contributed by atoms with Gasteiger partial charge < -0.3 is 4.74 Å². The van der Waals surface area contributed by atoms with Crippen molar-refractivity contribution in [3.63, 3.8) is 0 Å². The molecule has 0 bridgehead atoms. The summed E-state index contributed by atoms with van der Waals surface area (Å²) >= 11 is 9.31. The van der Waals surface area contributed by atoms with E-state index in [0.29, 0.717) is 10.6 Å². The minimum absolute atomic E-state index is 0.143. The highest BCUT2D eigenvalue weighted by Gasteiger charge is 2.19. The third kappa shape index (κ3) is 2.52. The van der Waals surface area contributed by atoms with E-state index in [1.54, 1.807) is 18.2 Å². The Morgan fingerprint density at radius 3 is 2.72 bits per heavy atom. The van der Waals surface area contributed by atoms with Crippen molar-refractivity contribution in [2.75, 3.05) is 7.11 Å². The van der Waals surface area contributed by atoms with Crippen LogP contribution in [0.2, 0.25) is 5.02 Å². The zero-order valence-electron chi connectivity index (χ0n) is 9.35. The van der Waals surface area contributed by atoms with Gasteiger partial charge in [0.05, 0.1) is 12.1 Å². The summed E-state index contributed by atoms with van der Waals surface area (Å²) in [7, 11) is 1.43. The van der Waals surface area contributed by atoms with Crippen LogP contribution in [0, 0.1) is 0 Å². The van der Waals surface area contributed by atoms with Crippen molar-refractivity contribution in [1.82, 2.24) is 9.97 Å². The molecule has 0 aliphatic carbocycles. The van der Waals surface area contributed by atoms with Crippen molar-refractivity contribution >= 4 is 33.3 Å². The fourth-order valence-electron chi connectivity index (χ4n) is 1.43. The Hall–Kier alpha value is -1.46. The first-order chi connectivity index (χ1) is 8.63. The van der Waals surface area contributed by atoms with Gasteiger partial charge in [0.15, 0.2) is 5.69 Å². The van der Waals surface area contributed by atoms with E-state index in [4.69, 9.17) is 16.3 Å². The topological polar surface area (TPSA) is 52.1 Å². The zero-order chi connectivity index (χ0) is 13.1. The summed E-state index contributed by atoms with van der Waals surface area (Å²) in [5.41, 5.74) is 0.503. The molecule has 0 unspecified atom stereocenters. The predicted molar refractivity (Wildman–Crippen MR) is 71.2 cm³/mol. The van der Waals surface area contributed by atoms with Crippen LogP contribution in [0.1, 0.15) is 16.1 Å². The molecule has 0 atom stereocenters. The molecule has 1 heterocycles. The number of hydrogen-bond donors (Lipinski definition) is 0. The number of hydrogen-bond acceptors (Lipinski definition) is 4. The predicted octanol–water partition coefficient (Wildman–Crippen LogP) is 3.13. The summed E-state index contributed by atoms with van der Waals surface area (Å²) in [6.45, 7) is 0. The van der Waals surface area contributed by atoms with Gasteiger partial charge in [0, 0.05) is 22.4 Å². The molecule has 0 aliphatic rings. The smallest absolute Gasteiger partial charge is 0.243 e. The number of aromatic nitrogens is 2. The normalized spacial score (nSPS) is 10.2. The lowest BCUT2D eigenvalue weighted by Gasteiger charge is -2.06. The molecule has 0 aliphatic heterocycles. The number of rotatable bonds is 3. The lowest BCUT2D eigenvalue weighted by atomic mass is 10.1. The van der Waals surface area contributed by atoms with Crippen LogP contribution in [0.3, 0.4) is 0 Å². The third-order valence-electron chi connectivity index (χ3n) is 2.25. The van der Waals surface area contributed by atoms with Gasteiger partial charge in [0.2, 0.25) is 11.7 Å². The van der Waals surface area contributed by atoms with Crippen molar-refractivity contribution in [1.29, 1.82) is 0 Å². The molecule has 4 nitrogen and oxygen atoms in total. The molecule has 0 fully saturated rings. The minimum atomic E-state index is -0.322. The van der Waals surface area contributed by atoms with Crippen molar-refractivity contribution in [3.05, 3.63) is 51.3 Å². The van der Waals surface area contributed by atoms with E-state index in [2.05, 4.69) is 25.9 Å². The first-order valence-electron chi connectivity index (χ1n) is 4.98. The second kappa shape index (κ2) is 5.46. The highest BCUT2D eigenvalue weighted by Crippen LogP contribution is 2.25. The van der Waals surface area contributed by atoms with Crippen molar-refractivity contribution in [3.8, 4) is 5.88 Å². The molecule has 0 amide bonds. The molecule has 2 aromatic rings. The molecule has 92 valence electrons. The Balaban J connectivity index is 2.48. The van der Waals surface area contributed by atoms with Gasteiger partial charge in [0.25, 0.3) is 0 Å². The number of carbonyl (C=O) groups excluding carboxylic acids is 1. The van der Waals surface area contributed by atoms with Crippen molar-refractivity contribution < 1.29 is 9.53 Å². The van der Waals surface area contributed by atoms with E-state index < -0.39 is 0 Å². The van der Waals surface area contributed by atoms with Crippen LogP contribution in [-0.4, -0.2) is 22.9 Å². The fraction of sp³-hybridized carbons (Fsp3) is 0.0833. The Morgan fingerprint density at radius 1 is 1.33 bits per heavy atom. The Morgan fingerprint density at radius 2 is 2.06 bits per heavy atom. The van der Waals surface area contributed by atoms with Crippen LogP contribution >= 0.6 is 27.5 Å². The average Bonchev–Trinajstić information content (AvgIpc) is 2.38. The number of methoxy groups -OCH3 is 1. The van der Waals surface area contributed by atoms with E-state index >= 15 is 0 Å². The number of ether oxygens (including phenoxy) is 1. The fourth-order valence-corrected chi connectivity index (χ4v) is 2.19. The molecule has 0 saturated carbocycles. The number of benzene rings is 1. The first-order valence-corrected chi connectivity index (χ1v) is 6.15. The highest BCUT2D eigenvalue weighted by atomic mass is 79.9. The maximum Gasteiger partial charge on any atom is 0.243 e. The lowest BCUT2D eigenvalue weighted by Crippen LogP contribution is -2.08. The molecule has 0 N–H and O–H groups in total. The molecule has 18 heavy (non-hydrogen) atoms. The van der Waals surface area contributed by atoms with Crippen molar-refractivity contribution in [2.24, 2.45) is 0 Å². The van der Waals surface area contributed by atoms with E-state index in [0.717, 1.165) is 4.47 Å². The maximum absolute atomic E-state index is 12.3. The first kappa shape index (κ1) is 13.0. The molecular weight excluding hydrogens is 320 g/mol. The van der Waals surface area contributed by atoms with Gasteiger partial charge in [-0.25, -0.2) is 9.97 Å². The van der Waals surface area contributed by atoms with E-state index in [1.807, 2.05) is 0 Å². The van der Waals surface area contributed by atoms with Gasteiger partial charge in [-0.15, -0.1) is 0 Å². The molecule has 0 spiro atoms. The lowest BCUT2D eigenvalue weighted by molar-refractivity contribution is 0.103. The monoisotopic (exact) mass is 326 g/mol. The van der Waals surface area contributed by atoms with Gasteiger partial charge in [-0.1, -0.05) is 27.5 Å². The van der Waals surface area contributed by atoms with Crippen molar-refractivity contribution in [2.45, 2.75) is 0 Å². The number of ketones is 1. The van der Waals surface area contributed by atoms with Gasteiger partial charge >= 0.3 is 0 Å². The summed E-state index contributed by atoms with van der Waals surface area (Å²) in [4.78, 5) is 20.2. The zero-order valence-corrected chi connectivity index (χ0v) is 11.7.